The van der Waals surface area contributed by atoms with Crippen LogP contribution in [0.4, 0.5) is 5.95 Å². The van der Waals surface area contributed by atoms with Gasteiger partial charge in [0.25, 0.3) is 0 Å². The van der Waals surface area contributed by atoms with Crippen molar-refractivity contribution in [3.8, 4) is 5.75 Å². The van der Waals surface area contributed by atoms with Crippen LogP contribution in [0.1, 0.15) is 17.2 Å². The molecule has 1 aromatic heterocycles. The predicted octanol–water partition coefficient (Wildman–Crippen LogP) is 5.86. The van der Waals surface area contributed by atoms with Gasteiger partial charge in [0, 0.05) is 10.2 Å². The quantitative estimate of drug-likeness (QED) is 0.441. The van der Waals surface area contributed by atoms with Gasteiger partial charge in [0.1, 0.15) is 5.75 Å². The number of anilines is 1. The Kier molecular flexibility index (Phi) is 4.17. The first-order chi connectivity index (χ1) is 13.7. The van der Waals surface area contributed by atoms with Crippen molar-refractivity contribution in [1.82, 2.24) is 9.55 Å². The molecule has 4 aromatic rings. The van der Waals surface area contributed by atoms with Gasteiger partial charge >= 0.3 is 0 Å². The lowest BCUT2D eigenvalue weighted by atomic mass is 10.0. The highest BCUT2D eigenvalue weighted by Crippen LogP contribution is 2.37. The van der Waals surface area contributed by atoms with Gasteiger partial charge in [0.2, 0.25) is 5.95 Å². The molecule has 0 bridgehead atoms. The Labute approximate surface area is 171 Å². The van der Waals surface area contributed by atoms with Crippen LogP contribution in [0.2, 0.25) is 0 Å². The second-order valence-corrected chi connectivity index (χ2v) is 7.64. The number of fused-ring (bicyclic) bond motifs is 3. The van der Waals surface area contributed by atoms with E-state index in [0.29, 0.717) is 0 Å². The monoisotopic (exact) mass is 431 g/mol. The summed E-state index contributed by atoms with van der Waals surface area (Å²) in [5.41, 5.74) is 5.43. The van der Waals surface area contributed by atoms with Crippen molar-refractivity contribution in [2.75, 3.05) is 12.4 Å². The first kappa shape index (κ1) is 17.1. The number of hydrogen-bond acceptors (Lipinski definition) is 3. The van der Waals surface area contributed by atoms with Gasteiger partial charge in [-0.3, -0.25) is 4.57 Å². The van der Waals surface area contributed by atoms with Gasteiger partial charge in [-0.05, 0) is 53.6 Å². The van der Waals surface area contributed by atoms with Crippen molar-refractivity contribution in [1.29, 1.82) is 0 Å². The first-order valence-electron chi connectivity index (χ1n) is 9.08. The lowest BCUT2D eigenvalue weighted by Gasteiger charge is -2.27. The van der Waals surface area contributed by atoms with E-state index in [-0.39, 0.29) is 6.04 Å². The molecule has 138 valence electrons. The number of aromatic nitrogens is 2. The van der Waals surface area contributed by atoms with Gasteiger partial charge in [-0.15, -0.1) is 0 Å². The third-order valence-electron chi connectivity index (χ3n) is 5.04. The van der Waals surface area contributed by atoms with Crippen molar-refractivity contribution in [2.45, 2.75) is 6.04 Å². The fraction of sp³-hybridized carbons (Fsp3) is 0.0870. The standard InChI is InChI=1S/C23H18BrN3O/c1-28-18-11-9-15(10-12-18)22-14-20(16-5-4-6-17(24)13-16)26-23-25-19-7-2-3-8-21(19)27(22)23/h2-14,22H,1H3,(H,25,26)/t22-/m0/s1. The van der Waals surface area contributed by atoms with E-state index < -0.39 is 0 Å². The van der Waals surface area contributed by atoms with Crippen molar-refractivity contribution >= 4 is 38.6 Å². The van der Waals surface area contributed by atoms with E-state index in [4.69, 9.17) is 9.72 Å². The maximum atomic E-state index is 5.33. The number of nitrogens with zero attached hydrogens (tertiary/aromatic N) is 2. The van der Waals surface area contributed by atoms with Crippen LogP contribution in [0, 0.1) is 0 Å². The van der Waals surface area contributed by atoms with E-state index >= 15 is 0 Å². The average molecular weight is 432 g/mol. The van der Waals surface area contributed by atoms with Crippen LogP contribution >= 0.6 is 15.9 Å². The number of nitrogens with one attached hydrogen (secondary N) is 1. The number of imidazole rings is 1. The van der Waals surface area contributed by atoms with Crippen molar-refractivity contribution in [3.05, 3.63) is 94.5 Å². The molecule has 1 aliphatic heterocycles. The molecule has 3 aromatic carbocycles. The smallest absolute Gasteiger partial charge is 0.209 e. The Bertz CT molecular complexity index is 1190. The van der Waals surface area contributed by atoms with Crippen LogP contribution in [-0.4, -0.2) is 16.7 Å². The topological polar surface area (TPSA) is 39.1 Å². The molecule has 4 nitrogen and oxygen atoms in total. The highest BCUT2D eigenvalue weighted by Gasteiger charge is 2.25. The van der Waals surface area contributed by atoms with Crippen LogP contribution in [0.15, 0.2) is 83.3 Å². The molecule has 0 unspecified atom stereocenters. The third-order valence-corrected chi connectivity index (χ3v) is 5.53. The maximum absolute atomic E-state index is 5.33. The second-order valence-electron chi connectivity index (χ2n) is 6.73. The zero-order valence-corrected chi connectivity index (χ0v) is 16.8. The molecule has 0 saturated carbocycles. The van der Waals surface area contributed by atoms with E-state index in [9.17, 15) is 0 Å². The molecule has 1 atom stereocenters. The maximum Gasteiger partial charge on any atom is 0.209 e. The molecule has 0 aliphatic carbocycles. The average Bonchev–Trinajstić information content (AvgIpc) is 3.12. The molecule has 0 radical (unpaired) electrons. The Hall–Kier alpha value is -3.05. The molecule has 2 heterocycles. The third kappa shape index (κ3) is 2.88. The molecule has 0 amide bonds. The fourth-order valence-corrected chi connectivity index (χ4v) is 4.08. The van der Waals surface area contributed by atoms with Crippen LogP contribution < -0.4 is 10.1 Å². The predicted molar refractivity (Wildman–Crippen MR) is 117 cm³/mol. The second kappa shape index (κ2) is 6.84. The lowest BCUT2D eigenvalue weighted by Crippen LogP contribution is -2.19. The first-order valence-corrected chi connectivity index (χ1v) is 9.88. The molecular weight excluding hydrogens is 414 g/mol. The summed E-state index contributed by atoms with van der Waals surface area (Å²) in [5, 5.41) is 3.52. The van der Waals surface area contributed by atoms with Crippen LogP contribution in [0.5, 0.6) is 5.75 Å². The minimum Gasteiger partial charge on any atom is -0.497 e. The lowest BCUT2D eigenvalue weighted by molar-refractivity contribution is 0.414. The van der Waals surface area contributed by atoms with E-state index in [0.717, 1.165) is 38.5 Å². The number of allylic oxidation sites excluding steroid dienone is 1. The summed E-state index contributed by atoms with van der Waals surface area (Å²) in [6.45, 7) is 0. The Morgan fingerprint density at radius 1 is 1.00 bits per heavy atom. The number of rotatable bonds is 3. The van der Waals surface area contributed by atoms with Gasteiger partial charge in [0.15, 0.2) is 0 Å². The van der Waals surface area contributed by atoms with Gasteiger partial charge in [-0.2, -0.15) is 0 Å². The Balaban J connectivity index is 1.70. The molecule has 28 heavy (non-hydrogen) atoms. The van der Waals surface area contributed by atoms with E-state index in [1.54, 1.807) is 7.11 Å². The minimum absolute atomic E-state index is 0.0311. The number of ether oxygens (including phenoxy) is 1. The van der Waals surface area contributed by atoms with E-state index in [1.165, 1.54) is 5.56 Å². The number of hydrogen-bond donors (Lipinski definition) is 1. The minimum atomic E-state index is 0.0311. The summed E-state index contributed by atoms with van der Waals surface area (Å²) < 4.78 is 8.63. The van der Waals surface area contributed by atoms with Gasteiger partial charge < -0.3 is 10.1 Å². The largest absolute Gasteiger partial charge is 0.497 e. The van der Waals surface area contributed by atoms with Crippen LogP contribution in [0.3, 0.4) is 0 Å². The molecule has 1 aliphatic rings. The van der Waals surface area contributed by atoms with Gasteiger partial charge in [0.05, 0.1) is 24.2 Å². The number of para-hydroxylation sites is 2. The van der Waals surface area contributed by atoms with E-state index in [2.05, 4.69) is 68.3 Å². The number of halogens is 1. The van der Waals surface area contributed by atoms with Gasteiger partial charge in [-0.1, -0.05) is 52.3 Å². The van der Waals surface area contributed by atoms with Crippen molar-refractivity contribution < 1.29 is 4.74 Å². The summed E-state index contributed by atoms with van der Waals surface area (Å²) in [7, 11) is 1.69. The number of benzene rings is 3. The fourth-order valence-electron chi connectivity index (χ4n) is 3.68. The van der Waals surface area contributed by atoms with Crippen molar-refractivity contribution in [2.24, 2.45) is 0 Å². The summed E-state index contributed by atoms with van der Waals surface area (Å²) in [4.78, 5) is 4.84. The van der Waals surface area contributed by atoms with Crippen molar-refractivity contribution in [3.63, 3.8) is 0 Å². The van der Waals surface area contributed by atoms with Crippen LogP contribution in [0.25, 0.3) is 16.7 Å². The Morgan fingerprint density at radius 3 is 2.61 bits per heavy atom. The number of methoxy groups -OCH3 is 1. The summed E-state index contributed by atoms with van der Waals surface area (Å²) >= 11 is 3.57. The highest BCUT2D eigenvalue weighted by atomic mass is 79.9. The molecule has 5 rings (SSSR count). The highest BCUT2D eigenvalue weighted by molar-refractivity contribution is 9.10. The van der Waals surface area contributed by atoms with E-state index in [1.807, 2.05) is 36.4 Å². The SMILES string of the molecule is COc1ccc([C@@H]2C=C(c3cccc(Br)c3)Nc3nc4ccccc4n32)cc1. The molecule has 0 spiro atoms. The summed E-state index contributed by atoms with van der Waals surface area (Å²) in [5.74, 6) is 1.70. The molecule has 0 fully saturated rings. The van der Waals surface area contributed by atoms with Gasteiger partial charge in [-0.25, -0.2) is 4.98 Å². The Morgan fingerprint density at radius 2 is 1.82 bits per heavy atom. The molecule has 5 heteroatoms. The zero-order valence-electron chi connectivity index (χ0n) is 15.3. The zero-order chi connectivity index (χ0) is 19.1. The summed E-state index contributed by atoms with van der Waals surface area (Å²) in [6.07, 6.45) is 2.25. The molecule has 1 N–H and O–H groups in total. The summed E-state index contributed by atoms with van der Waals surface area (Å²) in [6, 6.07) is 24.8. The normalized spacial score (nSPS) is 15.6. The molecular formula is C23H18BrN3O. The van der Waals surface area contributed by atoms with Crippen LogP contribution in [-0.2, 0) is 0 Å². The molecule has 0 saturated heterocycles.